The summed E-state index contributed by atoms with van der Waals surface area (Å²) in [4.78, 5) is 24.6. The third-order valence-corrected chi connectivity index (χ3v) is 6.59. The number of hydrogen-bond donors (Lipinski definition) is 1. The highest BCUT2D eigenvalue weighted by atomic mass is 32.2. The lowest BCUT2D eigenvalue weighted by Gasteiger charge is -2.32. The summed E-state index contributed by atoms with van der Waals surface area (Å²) >= 11 is 0. The molecule has 1 aliphatic rings. The molecule has 1 aromatic carbocycles. The van der Waals surface area contributed by atoms with Crippen LogP contribution in [0.25, 0.3) is 0 Å². The smallest absolute Gasteiger partial charge is 0.328 e. The van der Waals surface area contributed by atoms with Crippen LogP contribution in [0.4, 0.5) is 4.39 Å². The number of carbonyl (C=O) groups is 2. The van der Waals surface area contributed by atoms with Crippen LogP contribution in [0.15, 0.2) is 29.2 Å². The standard InChI is InChI=1S/C19H27FN2O5S/c1-13(2)11-17(19(24)27-3)21-18(23)14-5-4-10-22(12-14)28(25,26)16-8-6-15(20)7-9-16/h6-9,13-14,17H,4-5,10-12H2,1-3H3,(H,21,23). The van der Waals surface area contributed by atoms with E-state index in [2.05, 4.69) is 5.32 Å². The molecule has 0 aliphatic carbocycles. The van der Waals surface area contributed by atoms with Crippen LogP contribution in [0, 0.1) is 17.7 Å². The zero-order valence-electron chi connectivity index (χ0n) is 16.4. The average Bonchev–Trinajstić information content (AvgIpc) is 2.66. The molecule has 2 atom stereocenters. The minimum absolute atomic E-state index is 0.0118. The first-order valence-corrected chi connectivity index (χ1v) is 10.7. The number of ether oxygens (including phenoxy) is 1. The Labute approximate surface area is 165 Å². The topological polar surface area (TPSA) is 92.8 Å². The summed E-state index contributed by atoms with van der Waals surface area (Å²) in [6.45, 7) is 4.16. The number of nitrogens with one attached hydrogen (secondary N) is 1. The van der Waals surface area contributed by atoms with Crippen molar-refractivity contribution < 1.29 is 27.1 Å². The van der Waals surface area contributed by atoms with Crippen LogP contribution in [0.2, 0.25) is 0 Å². The molecule has 0 radical (unpaired) electrons. The van der Waals surface area contributed by atoms with Crippen molar-refractivity contribution in [3.05, 3.63) is 30.1 Å². The van der Waals surface area contributed by atoms with E-state index in [4.69, 9.17) is 4.74 Å². The monoisotopic (exact) mass is 414 g/mol. The number of benzene rings is 1. The summed E-state index contributed by atoms with van der Waals surface area (Å²) in [7, 11) is -2.56. The highest BCUT2D eigenvalue weighted by molar-refractivity contribution is 7.89. The van der Waals surface area contributed by atoms with Crippen LogP contribution in [-0.2, 0) is 24.3 Å². The quantitative estimate of drug-likeness (QED) is 0.688. The van der Waals surface area contributed by atoms with Gasteiger partial charge in [0.15, 0.2) is 0 Å². The predicted octanol–water partition coefficient (Wildman–Crippen LogP) is 1.93. The maximum atomic E-state index is 13.1. The number of rotatable bonds is 7. The molecule has 1 fully saturated rings. The predicted molar refractivity (Wildman–Crippen MR) is 101 cm³/mol. The van der Waals surface area contributed by atoms with Crippen molar-refractivity contribution in [1.29, 1.82) is 0 Å². The van der Waals surface area contributed by atoms with E-state index in [0.29, 0.717) is 19.3 Å². The van der Waals surface area contributed by atoms with Crippen LogP contribution < -0.4 is 5.32 Å². The van der Waals surface area contributed by atoms with E-state index in [1.54, 1.807) is 0 Å². The summed E-state index contributed by atoms with van der Waals surface area (Å²) in [5.41, 5.74) is 0. The number of methoxy groups -OCH3 is 1. The lowest BCUT2D eigenvalue weighted by atomic mass is 9.97. The Hall–Kier alpha value is -2.00. The SMILES string of the molecule is COC(=O)C(CC(C)C)NC(=O)C1CCCN(S(=O)(=O)c2ccc(F)cc2)C1. The highest BCUT2D eigenvalue weighted by Gasteiger charge is 2.35. The first kappa shape index (κ1) is 22.3. The van der Waals surface area contributed by atoms with Gasteiger partial charge in [0.05, 0.1) is 17.9 Å². The van der Waals surface area contributed by atoms with Gasteiger partial charge in [0.2, 0.25) is 15.9 Å². The number of hydrogen-bond acceptors (Lipinski definition) is 5. The fraction of sp³-hybridized carbons (Fsp3) is 0.579. The van der Waals surface area contributed by atoms with Gasteiger partial charge in [0, 0.05) is 13.1 Å². The average molecular weight is 414 g/mol. The number of amides is 1. The van der Waals surface area contributed by atoms with Crippen molar-refractivity contribution in [3.8, 4) is 0 Å². The molecule has 0 saturated carbocycles. The van der Waals surface area contributed by atoms with Crippen LogP contribution >= 0.6 is 0 Å². The van der Waals surface area contributed by atoms with Gasteiger partial charge in [-0.2, -0.15) is 4.31 Å². The zero-order valence-corrected chi connectivity index (χ0v) is 17.2. The summed E-state index contributed by atoms with van der Waals surface area (Å²) in [6.07, 6.45) is 1.48. The van der Waals surface area contributed by atoms with Gasteiger partial charge in [-0.15, -0.1) is 0 Å². The third kappa shape index (κ3) is 5.51. The van der Waals surface area contributed by atoms with Crippen molar-refractivity contribution in [3.63, 3.8) is 0 Å². The summed E-state index contributed by atoms with van der Waals surface area (Å²) in [6, 6.07) is 3.85. The molecule has 28 heavy (non-hydrogen) atoms. The van der Waals surface area contributed by atoms with Gasteiger partial charge in [-0.1, -0.05) is 13.8 Å². The first-order chi connectivity index (χ1) is 13.1. The maximum absolute atomic E-state index is 13.1. The van der Waals surface area contributed by atoms with Crippen molar-refractivity contribution in [1.82, 2.24) is 9.62 Å². The Morgan fingerprint density at radius 2 is 1.93 bits per heavy atom. The summed E-state index contributed by atoms with van der Waals surface area (Å²) in [5.74, 6) is -1.80. The van der Waals surface area contributed by atoms with Gasteiger partial charge < -0.3 is 10.1 Å². The molecule has 0 bridgehead atoms. The minimum Gasteiger partial charge on any atom is -0.467 e. The molecule has 1 N–H and O–H groups in total. The van der Waals surface area contributed by atoms with E-state index >= 15 is 0 Å². The van der Waals surface area contributed by atoms with E-state index in [1.165, 1.54) is 23.5 Å². The summed E-state index contributed by atoms with van der Waals surface area (Å²) in [5, 5.41) is 2.70. The number of carbonyl (C=O) groups excluding carboxylic acids is 2. The second-order valence-electron chi connectivity index (χ2n) is 7.37. The van der Waals surface area contributed by atoms with E-state index in [-0.39, 0.29) is 29.8 Å². The lowest BCUT2D eigenvalue weighted by Crippen LogP contribution is -2.49. The molecule has 2 rings (SSSR count). The van der Waals surface area contributed by atoms with Gasteiger partial charge in [0.1, 0.15) is 11.9 Å². The normalized spacial score (nSPS) is 19.2. The van der Waals surface area contributed by atoms with Gasteiger partial charge in [-0.05, 0) is 49.4 Å². The Morgan fingerprint density at radius 1 is 1.29 bits per heavy atom. The number of piperidine rings is 1. The van der Waals surface area contributed by atoms with Crippen LogP contribution in [0.1, 0.15) is 33.1 Å². The van der Waals surface area contributed by atoms with Gasteiger partial charge in [-0.3, -0.25) is 4.79 Å². The maximum Gasteiger partial charge on any atom is 0.328 e. The van der Waals surface area contributed by atoms with Crippen LogP contribution in [-0.4, -0.2) is 50.8 Å². The molecule has 1 heterocycles. The van der Waals surface area contributed by atoms with Gasteiger partial charge >= 0.3 is 5.97 Å². The van der Waals surface area contributed by atoms with Crippen molar-refractivity contribution in [2.75, 3.05) is 20.2 Å². The molecule has 2 unspecified atom stereocenters. The largest absolute Gasteiger partial charge is 0.467 e. The number of halogens is 1. The molecule has 156 valence electrons. The van der Waals surface area contributed by atoms with Crippen LogP contribution in [0.5, 0.6) is 0 Å². The Balaban J connectivity index is 2.10. The number of nitrogens with zero attached hydrogens (tertiary/aromatic N) is 1. The first-order valence-electron chi connectivity index (χ1n) is 9.29. The van der Waals surface area contributed by atoms with Crippen LogP contribution in [0.3, 0.4) is 0 Å². The van der Waals surface area contributed by atoms with E-state index in [0.717, 1.165) is 12.1 Å². The molecule has 0 aromatic heterocycles. The molecule has 1 aromatic rings. The van der Waals surface area contributed by atoms with E-state index in [9.17, 15) is 22.4 Å². The van der Waals surface area contributed by atoms with E-state index in [1.807, 2.05) is 13.8 Å². The molecule has 1 aliphatic heterocycles. The van der Waals surface area contributed by atoms with E-state index < -0.39 is 33.8 Å². The molecule has 0 spiro atoms. The number of esters is 1. The fourth-order valence-corrected chi connectivity index (χ4v) is 4.77. The molecular formula is C19H27FN2O5S. The zero-order chi connectivity index (χ0) is 20.9. The van der Waals surface area contributed by atoms with Gasteiger partial charge in [0.25, 0.3) is 0 Å². The van der Waals surface area contributed by atoms with Crippen molar-refractivity contribution in [2.24, 2.45) is 11.8 Å². The lowest BCUT2D eigenvalue weighted by molar-refractivity contribution is -0.146. The summed E-state index contributed by atoms with van der Waals surface area (Å²) < 4.78 is 44.7. The van der Waals surface area contributed by atoms with Gasteiger partial charge in [-0.25, -0.2) is 17.6 Å². The third-order valence-electron chi connectivity index (χ3n) is 4.72. The Morgan fingerprint density at radius 3 is 2.50 bits per heavy atom. The Kier molecular flexibility index (Phi) is 7.54. The molecule has 1 amide bonds. The molecule has 7 nitrogen and oxygen atoms in total. The number of sulfonamides is 1. The fourth-order valence-electron chi connectivity index (χ4n) is 3.25. The molecule has 9 heteroatoms. The molecule has 1 saturated heterocycles. The second kappa shape index (κ2) is 9.47. The Bertz CT molecular complexity index is 795. The molecular weight excluding hydrogens is 387 g/mol. The second-order valence-corrected chi connectivity index (χ2v) is 9.31. The highest BCUT2D eigenvalue weighted by Crippen LogP contribution is 2.24. The minimum atomic E-state index is -3.82. The van der Waals surface area contributed by atoms with Crippen molar-refractivity contribution >= 4 is 21.9 Å². The van der Waals surface area contributed by atoms with Crippen molar-refractivity contribution in [2.45, 2.75) is 44.0 Å².